The summed E-state index contributed by atoms with van der Waals surface area (Å²) in [7, 11) is 3.00. The van der Waals surface area contributed by atoms with E-state index in [9.17, 15) is 14.4 Å². The van der Waals surface area contributed by atoms with Gasteiger partial charge in [-0.15, -0.1) is 0 Å². The average molecular weight is 515 g/mol. The molecule has 2 rings (SSSR count). The number of hydrogen-bond acceptors (Lipinski definition) is 8. The summed E-state index contributed by atoms with van der Waals surface area (Å²) in [6.45, 7) is 1.16. The number of hydrogen-bond donors (Lipinski definition) is 5. The van der Waals surface area contributed by atoms with Gasteiger partial charge in [-0.1, -0.05) is 30.3 Å². The smallest absolute Gasteiger partial charge is 0.247 e. The van der Waals surface area contributed by atoms with E-state index < -0.39 is 23.9 Å². The molecule has 0 heterocycles. The first-order chi connectivity index (χ1) is 17.8. The van der Waals surface area contributed by atoms with Crippen LogP contribution in [-0.2, 0) is 20.8 Å². The summed E-state index contributed by atoms with van der Waals surface area (Å²) in [6, 6.07) is 12.5. The number of aryl methyl sites for hydroxylation is 1. The van der Waals surface area contributed by atoms with Crippen LogP contribution in [0, 0.1) is 0 Å². The van der Waals surface area contributed by atoms with E-state index >= 15 is 0 Å². The number of nitrogens with two attached hydrogens (primary N) is 3. The van der Waals surface area contributed by atoms with Crippen molar-refractivity contribution in [3.63, 3.8) is 0 Å². The number of anilines is 1. The van der Waals surface area contributed by atoms with E-state index in [1.54, 1.807) is 18.2 Å². The van der Waals surface area contributed by atoms with E-state index in [1.807, 2.05) is 30.3 Å². The highest BCUT2D eigenvalue weighted by atomic mass is 16.5. The Morgan fingerprint density at radius 3 is 2.22 bits per heavy atom. The molecular weight excluding hydrogens is 476 g/mol. The molecule has 11 heteroatoms. The fraction of sp³-hybridized carbons (Fsp3) is 0.423. The number of nitrogens with zero attached hydrogens (tertiary/aromatic N) is 1. The Kier molecular flexibility index (Phi) is 12.3. The van der Waals surface area contributed by atoms with Gasteiger partial charge in [0.25, 0.3) is 0 Å². The zero-order chi connectivity index (χ0) is 27.2. The van der Waals surface area contributed by atoms with Crippen LogP contribution in [0.15, 0.2) is 48.5 Å². The van der Waals surface area contributed by atoms with Gasteiger partial charge in [-0.05, 0) is 30.5 Å². The van der Waals surface area contributed by atoms with Crippen LogP contribution in [0.25, 0.3) is 0 Å². The molecule has 0 fully saturated rings. The lowest BCUT2D eigenvalue weighted by atomic mass is 10.0. The van der Waals surface area contributed by atoms with E-state index in [2.05, 4.69) is 10.6 Å². The lowest BCUT2D eigenvalue weighted by Crippen LogP contribution is -2.52. The van der Waals surface area contributed by atoms with Gasteiger partial charge in [0.05, 0.1) is 32.4 Å². The highest BCUT2D eigenvalue weighted by molar-refractivity contribution is 5.99. The first-order valence-electron chi connectivity index (χ1n) is 12.1. The number of benzene rings is 2. The number of nitrogens with one attached hydrogen (secondary N) is 2. The molecule has 3 amide bonds. The van der Waals surface area contributed by atoms with Gasteiger partial charge in [0.2, 0.25) is 17.7 Å². The maximum absolute atomic E-state index is 13.3. The monoisotopic (exact) mass is 514 g/mol. The average Bonchev–Trinajstić information content (AvgIpc) is 2.91. The number of ether oxygens (including phenoxy) is 2. The van der Waals surface area contributed by atoms with Crippen molar-refractivity contribution in [1.29, 1.82) is 0 Å². The fourth-order valence-electron chi connectivity index (χ4n) is 3.72. The Hall–Kier alpha value is -3.67. The van der Waals surface area contributed by atoms with Crippen LogP contribution in [0.3, 0.4) is 0 Å². The van der Waals surface area contributed by atoms with Gasteiger partial charge >= 0.3 is 0 Å². The van der Waals surface area contributed by atoms with E-state index in [0.717, 1.165) is 5.56 Å². The van der Waals surface area contributed by atoms with Gasteiger partial charge in [-0.25, -0.2) is 0 Å². The van der Waals surface area contributed by atoms with Crippen LogP contribution in [0.4, 0.5) is 5.69 Å². The molecule has 2 aromatic rings. The number of methoxy groups -OCH3 is 2. The predicted molar refractivity (Wildman–Crippen MR) is 142 cm³/mol. The summed E-state index contributed by atoms with van der Waals surface area (Å²) >= 11 is 0. The first-order valence-corrected chi connectivity index (χ1v) is 12.1. The molecule has 2 aromatic carbocycles. The number of carbonyl (C=O) groups excluding carboxylic acids is 3. The number of carbonyl (C=O) groups is 3. The maximum Gasteiger partial charge on any atom is 0.247 e. The summed E-state index contributed by atoms with van der Waals surface area (Å²) in [4.78, 5) is 40.3. The molecule has 0 aliphatic carbocycles. The van der Waals surface area contributed by atoms with Gasteiger partial charge in [0.15, 0.2) is 0 Å². The van der Waals surface area contributed by atoms with Gasteiger partial charge in [0, 0.05) is 32.2 Å². The van der Waals surface area contributed by atoms with Crippen LogP contribution < -0.4 is 37.3 Å². The molecule has 11 nitrogen and oxygen atoms in total. The highest BCUT2D eigenvalue weighted by Crippen LogP contribution is 2.29. The van der Waals surface area contributed by atoms with E-state index in [1.165, 1.54) is 19.1 Å². The zero-order valence-electron chi connectivity index (χ0n) is 21.4. The van der Waals surface area contributed by atoms with Crippen molar-refractivity contribution in [1.82, 2.24) is 10.2 Å². The van der Waals surface area contributed by atoms with E-state index in [4.69, 9.17) is 26.7 Å². The lowest BCUT2D eigenvalue weighted by molar-refractivity contribution is -0.134. The third kappa shape index (κ3) is 9.37. The minimum Gasteiger partial charge on any atom is -0.497 e. The quantitative estimate of drug-likeness (QED) is 0.224. The van der Waals surface area contributed by atoms with Crippen LogP contribution in [0.5, 0.6) is 11.5 Å². The second kappa shape index (κ2) is 15.4. The molecule has 0 aromatic heterocycles. The second-order valence-corrected chi connectivity index (χ2v) is 8.41. The number of rotatable bonds is 15. The Morgan fingerprint density at radius 2 is 1.62 bits per heavy atom. The molecule has 202 valence electrons. The van der Waals surface area contributed by atoms with E-state index in [0.29, 0.717) is 43.1 Å². The van der Waals surface area contributed by atoms with Gasteiger partial charge in [-0.3, -0.25) is 14.4 Å². The molecule has 0 bridgehead atoms. The van der Waals surface area contributed by atoms with Crippen molar-refractivity contribution in [3.05, 3.63) is 54.1 Å². The molecule has 37 heavy (non-hydrogen) atoms. The molecule has 2 atom stereocenters. The van der Waals surface area contributed by atoms with Crippen LogP contribution in [0.1, 0.15) is 18.4 Å². The van der Waals surface area contributed by atoms with Crippen molar-refractivity contribution >= 4 is 23.4 Å². The van der Waals surface area contributed by atoms with Gasteiger partial charge in [0.1, 0.15) is 17.5 Å². The minimum atomic E-state index is -1.15. The van der Waals surface area contributed by atoms with Crippen LogP contribution in [0.2, 0.25) is 0 Å². The SMILES string of the molecule is COc1ccc(OC)c(NC(=O)C(CCc2ccccc2)NC(=O)C(N)CC(=O)N(CCN)CCN)c1. The molecule has 0 aliphatic rings. The zero-order valence-corrected chi connectivity index (χ0v) is 21.4. The third-order valence-electron chi connectivity index (χ3n) is 5.74. The Bertz CT molecular complexity index is 1010. The Balaban J connectivity index is 2.16. The minimum absolute atomic E-state index is 0.234. The number of amides is 3. The summed E-state index contributed by atoms with van der Waals surface area (Å²) < 4.78 is 10.6. The lowest BCUT2D eigenvalue weighted by Gasteiger charge is -2.24. The standard InChI is InChI=1S/C26H38N6O5/c1-36-19-9-11-23(37-2)22(16-19)31-26(35)21(10-8-18-6-4-3-5-7-18)30-25(34)20(29)17-24(33)32(14-12-27)15-13-28/h3-7,9,11,16,20-21H,8,10,12-15,17,27-29H2,1-2H3,(H,30,34)(H,31,35). The van der Waals surface area contributed by atoms with Gasteiger partial charge in [-0.2, -0.15) is 0 Å². The van der Waals surface area contributed by atoms with Crippen molar-refractivity contribution < 1.29 is 23.9 Å². The van der Waals surface area contributed by atoms with Crippen molar-refractivity contribution in [2.75, 3.05) is 45.7 Å². The maximum atomic E-state index is 13.3. The largest absolute Gasteiger partial charge is 0.497 e. The molecule has 0 radical (unpaired) electrons. The van der Waals surface area contributed by atoms with Crippen molar-refractivity contribution in [2.24, 2.45) is 17.2 Å². The molecule has 8 N–H and O–H groups in total. The molecule has 0 saturated heterocycles. The molecule has 0 saturated carbocycles. The molecule has 2 unspecified atom stereocenters. The van der Waals surface area contributed by atoms with Gasteiger partial charge < -0.3 is 42.2 Å². The first kappa shape index (κ1) is 29.6. The molecule has 0 spiro atoms. The summed E-state index contributed by atoms with van der Waals surface area (Å²) in [5.41, 5.74) is 18.6. The van der Waals surface area contributed by atoms with E-state index in [-0.39, 0.29) is 25.4 Å². The summed E-state index contributed by atoms with van der Waals surface area (Å²) in [5.74, 6) is -0.433. The van der Waals surface area contributed by atoms with Crippen molar-refractivity contribution in [2.45, 2.75) is 31.3 Å². The van der Waals surface area contributed by atoms with Crippen LogP contribution in [-0.4, -0.2) is 75.1 Å². The third-order valence-corrected chi connectivity index (χ3v) is 5.74. The summed E-state index contributed by atoms with van der Waals surface area (Å²) in [6.07, 6.45) is 0.604. The molecule has 0 aliphatic heterocycles. The Morgan fingerprint density at radius 1 is 0.946 bits per heavy atom. The fourth-order valence-corrected chi connectivity index (χ4v) is 3.72. The predicted octanol–water partition coefficient (Wildman–Crippen LogP) is 0.223. The van der Waals surface area contributed by atoms with Crippen molar-refractivity contribution in [3.8, 4) is 11.5 Å². The summed E-state index contributed by atoms with van der Waals surface area (Å²) in [5, 5.41) is 5.52. The highest BCUT2D eigenvalue weighted by Gasteiger charge is 2.27. The molecular formula is C26H38N6O5. The topological polar surface area (TPSA) is 175 Å². The second-order valence-electron chi connectivity index (χ2n) is 8.41. The normalized spacial score (nSPS) is 12.2. The Labute approximate surface area is 217 Å². The van der Waals surface area contributed by atoms with Crippen LogP contribution >= 0.6 is 0 Å².